The third kappa shape index (κ3) is 8.41. The molecule has 0 radical (unpaired) electrons. The Balaban J connectivity index is 1.79. The van der Waals surface area contributed by atoms with Crippen LogP contribution >= 0.6 is 22.9 Å². The second-order valence-electron chi connectivity index (χ2n) is 8.49. The molecule has 2 atom stereocenters. The van der Waals surface area contributed by atoms with Gasteiger partial charge in [0.15, 0.2) is 0 Å². The summed E-state index contributed by atoms with van der Waals surface area (Å²) in [5.74, 6) is -1.23. The van der Waals surface area contributed by atoms with E-state index in [0.29, 0.717) is 29.3 Å². The lowest BCUT2D eigenvalue weighted by molar-refractivity contribution is -0.129. The van der Waals surface area contributed by atoms with Crippen LogP contribution in [0.15, 0.2) is 60.7 Å². The Hall–Kier alpha value is -3.74. The number of halogens is 1. The predicted molar refractivity (Wildman–Crippen MR) is 145 cm³/mol. The van der Waals surface area contributed by atoms with Gasteiger partial charge in [0.2, 0.25) is 11.8 Å². The van der Waals surface area contributed by atoms with Crippen LogP contribution in [0.4, 0.5) is 0 Å². The van der Waals surface area contributed by atoms with E-state index in [1.54, 1.807) is 12.1 Å². The van der Waals surface area contributed by atoms with Crippen LogP contribution < -0.4 is 16.0 Å². The van der Waals surface area contributed by atoms with Crippen LogP contribution in [0.25, 0.3) is 10.2 Å². The summed E-state index contributed by atoms with van der Waals surface area (Å²) in [6.07, 6.45) is 1.57. The first-order chi connectivity index (χ1) is 17.8. The standard InChI is InChI=1S/C27H28ClN5O3S/c1-3-7-24(34)32-22(14-25-33-21-11-10-19(28)13-23(21)37-25)27(36)31-20(12-18-8-5-4-6-9-18)16-30-26(35)17(2)15-29/h4-6,8-11,13,20,22H,2-3,7,12,14,16H2,1H3,(H,30,35)(H,31,36)(H,32,34)/t20-,22-/m0/s1. The lowest BCUT2D eigenvalue weighted by Crippen LogP contribution is -2.53. The molecule has 0 aliphatic carbocycles. The average Bonchev–Trinajstić information content (AvgIpc) is 3.28. The number of hydrogen-bond donors (Lipinski definition) is 3. The molecular weight excluding hydrogens is 510 g/mol. The molecule has 1 heterocycles. The first-order valence-electron chi connectivity index (χ1n) is 11.8. The first kappa shape index (κ1) is 27.8. The van der Waals surface area contributed by atoms with Crippen LogP contribution in [0.2, 0.25) is 5.02 Å². The zero-order chi connectivity index (χ0) is 26.8. The molecule has 0 saturated heterocycles. The van der Waals surface area contributed by atoms with Crippen molar-refractivity contribution < 1.29 is 14.4 Å². The molecular formula is C27H28ClN5O3S. The summed E-state index contributed by atoms with van der Waals surface area (Å²) >= 11 is 7.51. The lowest BCUT2D eigenvalue weighted by Gasteiger charge is -2.24. The molecule has 0 aliphatic rings. The van der Waals surface area contributed by atoms with Crippen molar-refractivity contribution in [1.29, 1.82) is 5.26 Å². The number of amides is 3. The van der Waals surface area contributed by atoms with Crippen molar-refractivity contribution in [2.45, 2.75) is 44.7 Å². The van der Waals surface area contributed by atoms with Gasteiger partial charge in [-0.1, -0.05) is 55.4 Å². The summed E-state index contributed by atoms with van der Waals surface area (Å²) in [5, 5.41) is 18.6. The van der Waals surface area contributed by atoms with Gasteiger partial charge >= 0.3 is 0 Å². The topological polar surface area (TPSA) is 124 Å². The van der Waals surface area contributed by atoms with Crippen LogP contribution in [0.5, 0.6) is 0 Å². The first-order valence-corrected chi connectivity index (χ1v) is 13.0. The average molecular weight is 538 g/mol. The highest BCUT2D eigenvalue weighted by atomic mass is 35.5. The monoisotopic (exact) mass is 537 g/mol. The highest BCUT2D eigenvalue weighted by Gasteiger charge is 2.25. The minimum Gasteiger partial charge on any atom is -0.349 e. The summed E-state index contributed by atoms with van der Waals surface area (Å²) in [6.45, 7) is 5.39. The van der Waals surface area contributed by atoms with E-state index in [1.807, 2.05) is 49.4 Å². The van der Waals surface area contributed by atoms with Crippen LogP contribution in [-0.4, -0.2) is 41.3 Å². The molecule has 0 aliphatic heterocycles. The predicted octanol–water partition coefficient (Wildman–Crippen LogP) is 3.70. The minimum atomic E-state index is -0.863. The van der Waals surface area contributed by atoms with Gasteiger partial charge in [-0.25, -0.2) is 4.98 Å². The molecule has 10 heteroatoms. The number of aromatic nitrogens is 1. The van der Waals surface area contributed by atoms with Crippen LogP contribution in [0.3, 0.4) is 0 Å². The van der Waals surface area contributed by atoms with Gasteiger partial charge in [0.25, 0.3) is 5.91 Å². The van der Waals surface area contributed by atoms with Gasteiger partial charge < -0.3 is 16.0 Å². The summed E-state index contributed by atoms with van der Waals surface area (Å²) in [4.78, 5) is 42.6. The number of carbonyl (C=O) groups is 3. The Bertz CT molecular complexity index is 1320. The number of nitriles is 1. The number of nitrogens with one attached hydrogen (secondary N) is 3. The Morgan fingerprint density at radius 2 is 1.89 bits per heavy atom. The number of carbonyl (C=O) groups excluding carboxylic acids is 3. The van der Waals surface area contributed by atoms with Gasteiger partial charge in [-0.15, -0.1) is 11.3 Å². The molecule has 3 amide bonds. The number of hydrogen-bond acceptors (Lipinski definition) is 6. The van der Waals surface area contributed by atoms with Crippen molar-refractivity contribution in [3.8, 4) is 6.07 Å². The molecule has 0 unspecified atom stereocenters. The summed E-state index contributed by atoms with van der Waals surface area (Å²) in [6, 6.07) is 15.2. The van der Waals surface area contributed by atoms with Gasteiger partial charge in [0.05, 0.1) is 21.3 Å². The Morgan fingerprint density at radius 3 is 2.59 bits per heavy atom. The summed E-state index contributed by atoms with van der Waals surface area (Å²) in [5.41, 5.74) is 1.51. The summed E-state index contributed by atoms with van der Waals surface area (Å²) < 4.78 is 0.893. The molecule has 1 aromatic heterocycles. The second-order valence-corrected chi connectivity index (χ2v) is 10.0. The molecule has 37 heavy (non-hydrogen) atoms. The fourth-order valence-electron chi connectivity index (χ4n) is 3.66. The summed E-state index contributed by atoms with van der Waals surface area (Å²) in [7, 11) is 0. The lowest BCUT2D eigenvalue weighted by atomic mass is 10.0. The van der Waals surface area contributed by atoms with E-state index in [1.165, 1.54) is 11.3 Å². The molecule has 2 aromatic carbocycles. The van der Waals surface area contributed by atoms with Crippen LogP contribution in [-0.2, 0) is 27.2 Å². The second kappa shape index (κ2) is 13.5. The normalized spacial score (nSPS) is 12.2. The highest BCUT2D eigenvalue weighted by molar-refractivity contribution is 7.18. The number of nitrogens with zero attached hydrogens (tertiary/aromatic N) is 2. The quantitative estimate of drug-likeness (QED) is 0.240. The number of thiazole rings is 1. The van der Waals surface area contributed by atoms with E-state index >= 15 is 0 Å². The van der Waals surface area contributed by atoms with Crippen molar-refractivity contribution in [1.82, 2.24) is 20.9 Å². The third-order valence-electron chi connectivity index (χ3n) is 5.49. The van der Waals surface area contributed by atoms with Gasteiger partial charge in [-0.2, -0.15) is 5.26 Å². The molecule has 192 valence electrons. The molecule has 3 aromatic rings. The van der Waals surface area contributed by atoms with Gasteiger partial charge in [-0.3, -0.25) is 14.4 Å². The molecule has 0 bridgehead atoms. The van der Waals surface area contributed by atoms with Gasteiger partial charge in [0.1, 0.15) is 17.7 Å². The van der Waals surface area contributed by atoms with E-state index in [9.17, 15) is 14.4 Å². The smallest absolute Gasteiger partial charge is 0.261 e. The Labute approximate surface area is 224 Å². The van der Waals surface area contributed by atoms with Crippen molar-refractivity contribution >= 4 is 50.9 Å². The SMILES string of the molecule is C=C(C#N)C(=O)NC[C@H](Cc1ccccc1)NC(=O)[C@H](Cc1nc2ccc(Cl)cc2s1)NC(=O)CCC. The van der Waals surface area contributed by atoms with Crippen molar-refractivity contribution in [3.63, 3.8) is 0 Å². The van der Waals surface area contributed by atoms with Crippen molar-refractivity contribution in [2.75, 3.05) is 6.54 Å². The molecule has 3 N–H and O–H groups in total. The van der Waals surface area contributed by atoms with Crippen molar-refractivity contribution in [2.24, 2.45) is 0 Å². The fraction of sp³-hybridized carbons (Fsp3) is 0.296. The van der Waals surface area contributed by atoms with E-state index in [2.05, 4.69) is 27.5 Å². The Morgan fingerprint density at radius 1 is 1.14 bits per heavy atom. The van der Waals surface area contributed by atoms with E-state index in [-0.39, 0.29) is 24.4 Å². The molecule has 8 nitrogen and oxygen atoms in total. The molecule has 3 rings (SSSR count). The van der Waals surface area contributed by atoms with Gasteiger partial charge in [0, 0.05) is 24.4 Å². The van der Waals surface area contributed by atoms with Crippen LogP contribution in [0, 0.1) is 11.3 Å². The maximum Gasteiger partial charge on any atom is 0.261 e. The molecule has 0 saturated carbocycles. The van der Waals surface area contributed by atoms with Crippen LogP contribution in [0.1, 0.15) is 30.3 Å². The zero-order valence-corrected chi connectivity index (χ0v) is 22.0. The maximum absolute atomic E-state index is 13.4. The fourth-order valence-corrected chi connectivity index (χ4v) is 4.95. The largest absolute Gasteiger partial charge is 0.349 e. The molecule has 0 spiro atoms. The number of rotatable bonds is 12. The maximum atomic E-state index is 13.4. The Kier molecular flexibility index (Phi) is 10.2. The van der Waals surface area contributed by atoms with Gasteiger partial charge in [-0.05, 0) is 36.6 Å². The zero-order valence-electron chi connectivity index (χ0n) is 20.4. The highest BCUT2D eigenvalue weighted by Crippen LogP contribution is 2.26. The van der Waals surface area contributed by atoms with Crippen molar-refractivity contribution in [3.05, 3.63) is 76.3 Å². The van der Waals surface area contributed by atoms with E-state index < -0.39 is 23.9 Å². The molecule has 0 fully saturated rings. The number of fused-ring (bicyclic) bond motifs is 1. The van der Waals surface area contributed by atoms with E-state index in [0.717, 1.165) is 15.8 Å². The third-order valence-corrected chi connectivity index (χ3v) is 6.77. The van der Waals surface area contributed by atoms with E-state index in [4.69, 9.17) is 16.9 Å². The number of benzene rings is 2. The minimum absolute atomic E-state index is 0.0788.